The lowest BCUT2D eigenvalue weighted by molar-refractivity contribution is 0.473. The molecular weight excluding hydrogens is 264 g/mol. The zero-order valence-electron chi connectivity index (χ0n) is 11.2. The molecule has 5 nitrogen and oxygen atoms in total. The van der Waals surface area contributed by atoms with Crippen molar-refractivity contribution in [2.45, 2.75) is 0 Å². The number of rotatable bonds is 2. The van der Waals surface area contributed by atoms with Crippen LogP contribution in [0.25, 0.3) is 22.4 Å². The lowest BCUT2D eigenvalue weighted by atomic mass is 10.0. The number of pyridine rings is 2. The molecule has 0 unspecified atom stereocenters. The Morgan fingerprint density at radius 2 is 1.62 bits per heavy atom. The molecule has 3 rings (SSSR count). The number of nitrogens with zero attached hydrogens (tertiary/aromatic N) is 2. The molecule has 0 aliphatic heterocycles. The largest absolute Gasteiger partial charge is 0.506 e. The summed E-state index contributed by atoms with van der Waals surface area (Å²) in [5, 5.41) is 9.38. The molecule has 3 aromatic rings. The van der Waals surface area contributed by atoms with E-state index in [1.54, 1.807) is 12.3 Å². The van der Waals surface area contributed by atoms with Gasteiger partial charge in [-0.25, -0.2) is 4.98 Å². The van der Waals surface area contributed by atoms with Crippen LogP contribution in [0.2, 0.25) is 0 Å². The van der Waals surface area contributed by atoms with Gasteiger partial charge in [-0.15, -0.1) is 0 Å². The van der Waals surface area contributed by atoms with Crippen molar-refractivity contribution in [2.24, 2.45) is 0 Å². The van der Waals surface area contributed by atoms with Crippen molar-refractivity contribution in [1.29, 1.82) is 0 Å². The van der Waals surface area contributed by atoms with Gasteiger partial charge in [0, 0.05) is 23.4 Å². The summed E-state index contributed by atoms with van der Waals surface area (Å²) in [5.74, 6) is 0.537. The van der Waals surface area contributed by atoms with Gasteiger partial charge in [0.2, 0.25) is 0 Å². The Bertz CT molecular complexity index is 785. The van der Waals surface area contributed by atoms with Gasteiger partial charge >= 0.3 is 0 Å². The number of hydrogen-bond donors (Lipinski definition) is 3. The first-order chi connectivity index (χ1) is 10.1. The van der Waals surface area contributed by atoms with Crippen LogP contribution in [0.3, 0.4) is 0 Å². The first-order valence-corrected chi connectivity index (χ1v) is 6.40. The second-order valence-corrected chi connectivity index (χ2v) is 4.68. The minimum atomic E-state index is 0.0511. The van der Waals surface area contributed by atoms with E-state index in [0.717, 1.165) is 16.7 Å². The number of nitrogen functional groups attached to an aromatic ring is 2. The summed E-state index contributed by atoms with van der Waals surface area (Å²) in [6.45, 7) is 0. The summed E-state index contributed by atoms with van der Waals surface area (Å²) < 4.78 is 0. The van der Waals surface area contributed by atoms with Crippen molar-refractivity contribution < 1.29 is 5.11 Å². The van der Waals surface area contributed by atoms with Gasteiger partial charge in [-0.2, -0.15) is 0 Å². The Balaban J connectivity index is 2.05. The lowest BCUT2D eigenvalue weighted by Gasteiger charge is -2.08. The van der Waals surface area contributed by atoms with Crippen LogP contribution < -0.4 is 11.5 Å². The molecule has 5 heteroatoms. The zero-order chi connectivity index (χ0) is 14.8. The summed E-state index contributed by atoms with van der Waals surface area (Å²) in [6, 6.07) is 13.0. The second-order valence-electron chi connectivity index (χ2n) is 4.68. The SMILES string of the molecule is Nc1ccc(-c2cccc(-c3ncc(O)cc3N)c2)cn1. The minimum absolute atomic E-state index is 0.0511. The molecule has 0 fully saturated rings. The maximum Gasteiger partial charge on any atom is 0.135 e. The van der Waals surface area contributed by atoms with E-state index in [4.69, 9.17) is 11.5 Å². The molecule has 1 aromatic carbocycles. The molecule has 0 saturated heterocycles. The van der Waals surface area contributed by atoms with Crippen LogP contribution in [0.5, 0.6) is 5.75 Å². The average Bonchev–Trinajstić information content (AvgIpc) is 2.48. The fourth-order valence-corrected chi connectivity index (χ4v) is 2.13. The summed E-state index contributed by atoms with van der Waals surface area (Å²) in [7, 11) is 0. The maximum absolute atomic E-state index is 9.38. The first-order valence-electron chi connectivity index (χ1n) is 6.40. The van der Waals surface area contributed by atoms with E-state index in [0.29, 0.717) is 17.2 Å². The molecule has 0 radical (unpaired) electrons. The zero-order valence-corrected chi connectivity index (χ0v) is 11.2. The Hall–Kier alpha value is -3.08. The molecule has 21 heavy (non-hydrogen) atoms. The van der Waals surface area contributed by atoms with Gasteiger partial charge < -0.3 is 16.6 Å². The lowest BCUT2D eigenvalue weighted by Crippen LogP contribution is -1.93. The minimum Gasteiger partial charge on any atom is -0.506 e. The van der Waals surface area contributed by atoms with E-state index in [-0.39, 0.29) is 5.75 Å². The molecule has 0 saturated carbocycles. The van der Waals surface area contributed by atoms with Gasteiger partial charge in [-0.3, -0.25) is 4.98 Å². The van der Waals surface area contributed by atoms with Crippen LogP contribution in [0.15, 0.2) is 54.9 Å². The molecule has 0 aliphatic carbocycles. The number of aromatic hydroxyl groups is 1. The predicted molar refractivity (Wildman–Crippen MR) is 83.4 cm³/mol. The van der Waals surface area contributed by atoms with E-state index in [1.807, 2.05) is 30.3 Å². The highest BCUT2D eigenvalue weighted by molar-refractivity contribution is 5.77. The second kappa shape index (κ2) is 5.13. The molecule has 0 aliphatic rings. The van der Waals surface area contributed by atoms with Gasteiger partial charge in [0.15, 0.2) is 0 Å². The highest BCUT2D eigenvalue weighted by Crippen LogP contribution is 2.29. The normalized spacial score (nSPS) is 10.5. The third-order valence-electron chi connectivity index (χ3n) is 3.16. The number of aromatic nitrogens is 2. The van der Waals surface area contributed by atoms with E-state index in [2.05, 4.69) is 9.97 Å². The number of nitrogens with two attached hydrogens (primary N) is 2. The molecule has 5 N–H and O–H groups in total. The molecular formula is C16H14N4O. The number of anilines is 2. The third kappa shape index (κ3) is 2.62. The van der Waals surface area contributed by atoms with Crippen LogP contribution >= 0.6 is 0 Å². The summed E-state index contributed by atoms with van der Waals surface area (Å²) in [6.07, 6.45) is 3.10. The van der Waals surface area contributed by atoms with E-state index in [9.17, 15) is 5.11 Å². The van der Waals surface area contributed by atoms with Crippen molar-refractivity contribution in [2.75, 3.05) is 11.5 Å². The fourth-order valence-electron chi connectivity index (χ4n) is 2.13. The Morgan fingerprint density at radius 3 is 2.33 bits per heavy atom. The predicted octanol–water partition coefficient (Wildman–Crippen LogP) is 2.68. The molecule has 0 amide bonds. The van der Waals surface area contributed by atoms with E-state index in [1.165, 1.54) is 12.3 Å². The average molecular weight is 278 g/mol. The number of benzene rings is 1. The van der Waals surface area contributed by atoms with Crippen LogP contribution in [0.1, 0.15) is 0 Å². The van der Waals surface area contributed by atoms with Crippen LogP contribution in [-0.2, 0) is 0 Å². The van der Waals surface area contributed by atoms with E-state index >= 15 is 0 Å². The van der Waals surface area contributed by atoms with Gasteiger partial charge in [0.05, 0.1) is 17.6 Å². The first kappa shape index (κ1) is 12.9. The van der Waals surface area contributed by atoms with Crippen molar-refractivity contribution in [1.82, 2.24) is 9.97 Å². The van der Waals surface area contributed by atoms with Crippen LogP contribution in [0.4, 0.5) is 11.5 Å². The molecule has 0 bridgehead atoms. The fraction of sp³-hybridized carbons (Fsp3) is 0. The summed E-state index contributed by atoms with van der Waals surface area (Å²) in [5.41, 5.74) is 15.4. The van der Waals surface area contributed by atoms with Crippen molar-refractivity contribution in [3.63, 3.8) is 0 Å². The van der Waals surface area contributed by atoms with Gasteiger partial charge in [0.1, 0.15) is 11.6 Å². The number of hydrogen-bond acceptors (Lipinski definition) is 5. The summed E-state index contributed by atoms with van der Waals surface area (Å²) in [4.78, 5) is 8.28. The van der Waals surface area contributed by atoms with Crippen LogP contribution in [0, 0.1) is 0 Å². The van der Waals surface area contributed by atoms with E-state index < -0.39 is 0 Å². The molecule has 0 spiro atoms. The van der Waals surface area contributed by atoms with Crippen molar-refractivity contribution in [3.8, 4) is 28.1 Å². The Kier molecular flexibility index (Phi) is 3.16. The highest BCUT2D eigenvalue weighted by Gasteiger charge is 2.07. The standard InChI is InChI=1S/C16H14N4O/c17-14-7-13(21)9-20-16(14)11-3-1-2-10(6-11)12-4-5-15(18)19-8-12/h1-9,21H,17H2,(H2,18,19). The Morgan fingerprint density at radius 1 is 0.810 bits per heavy atom. The highest BCUT2D eigenvalue weighted by atomic mass is 16.3. The maximum atomic E-state index is 9.38. The smallest absolute Gasteiger partial charge is 0.135 e. The summed E-state index contributed by atoms with van der Waals surface area (Å²) >= 11 is 0. The molecule has 104 valence electrons. The van der Waals surface area contributed by atoms with Gasteiger partial charge in [-0.1, -0.05) is 18.2 Å². The van der Waals surface area contributed by atoms with Crippen molar-refractivity contribution >= 4 is 11.5 Å². The molecule has 2 aromatic heterocycles. The van der Waals surface area contributed by atoms with Crippen molar-refractivity contribution in [3.05, 3.63) is 54.9 Å². The monoisotopic (exact) mass is 278 g/mol. The third-order valence-corrected chi connectivity index (χ3v) is 3.16. The van der Waals surface area contributed by atoms with Gasteiger partial charge in [0.25, 0.3) is 0 Å². The van der Waals surface area contributed by atoms with Gasteiger partial charge in [-0.05, 0) is 23.8 Å². The van der Waals surface area contributed by atoms with Crippen LogP contribution in [-0.4, -0.2) is 15.1 Å². The Labute approximate surface area is 121 Å². The molecule has 2 heterocycles. The topological polar surface area (TPSA) is 98.0 Å². The quantitative estimate of drug-likeness (QED) is 0.669. The molecule has 0 atom stereocenters.